The molecule has 0 saturated heterocycles. The van der Waals surface area contributed by atoms with Crippen LogP contribution >= 0.6 is 27.5 Å². The van der Waals surface area contributed by atoms with E-state index in [1.807, 2.05) is 13.8 Å². The van der Waals surface area contributed by atoms with Crippen LogP contribution in [0.15, 0.2) is 18.2 Å². The number of nitrogens with one attached hydrogen (secondary N) is 1. The van der Waals surface area contributed by atoms with Crippen LogP contribution in [0.25, 0.3) is 0 Å². The molecule has 0 atom stereocenters. The third-order valence-corrected chi connectivity index (χ3v) is 3.69. The molecule has 1 aromatic carbocycles. The summed E-state index contributed by atoms with van der Waals surface area (Å²) in [4.78, 5) is 11.8. The van der Waals surface area contributed by atoms with Gasteiger partial charge in [0.1, 0.15) is 5.82 Å². The second-order valence-corrected chi connectivity index (χ2v) is 5.04. The summed E-state index contributed by atoms with van der Waals surface area (Å²) >= 11 is 9.05. The maximum Gasteiger partial charge on any atom is 0.256 e. The Morgan fingerprint density at radius 3 is 2.69 bits per heavy atom. The quantitative estimate of drug-likeness (QED) is 0.852. The maximum atomic E-state index is 13.4. The highest BCUT2D eigenvalue weighted by Crippen LogP contribution is 2.20. The van der Waals surface area contributed by atoms with Gasteiger partial charge in [0.25, 0.3) is 5.91 Å². The van der Waals surface area contributed by atoms with Crippen molar-refractivity contribution in [3.63, 3.8) is 0 Å². The standard InChI is InChI=1S/C11H12BrClFNO/c1-11(2,6-12)15-10(16)9-7(13)4-3-5-8(9)14/h3-5H,6H2,1-2H3,(H,15,16). The van der Waals surface area contributed by atoms with Gasteiger partial charge < -0.3 is 5.32 Å². The summed E-state index contributed by atoms with van der Waals surface area (Å²) in [5.74, 6) is -1.12. The molecule has 0 radical (unpaired) electrons. The van der Waals surface area contributed by atoms with E-state index in [1.165, 1.54) is 18.2 Å². The fraction of sp³-hybridized carbons (Fsp3) is 0.364. The number of benzene rings is 1. The Hall–Kier alpha value is -0.610. The van der Waals surface area contributed by atoms with E-state index in [4.69, 9.17) is 11.6 Å². The summed E-state index contributed by atoms with van der Waals surface area (Å²) in [5.41, 5.74) is -0.568. The fourth-order valence-electron chi connectivity index (χ4n) is 1.12. The van der Waals surface area contributed by atoms with E-state index in [0.717, 1.165) is 0 Å². The van der Waals surface area contributed by atoms with Gasteiger partial charge in [-0.3, -0.25) is 4.79 Å². The summed E-state index contributed by atoms with van der Waals surface area (Å²) in [6.07, 6.45) is 0. The summed E-state index contributed by atoms with van der Waals surface area (Å²) < 4.78 is 13.4. The minimum absolute atomic E-state index is 0.113. The van der Waals surface area contributed by atoms with Crippen molar-refractivity contribution in [2.24, 2.45) is 0 Å². The highest BCUT2D eigenvalue weighted by molar-refractivity contribution is 9.09. The molecule has 2 nitrogen and oxygen atoms in total. The normalized spacial score (nSPS) is 11.3. The summed E-state index contributed by atoms with van der Waals surface area (Å²) in [7, 11) is 0. The first-order valence-electron chi connectivity index (χ1n) is 4.70. The van der Waals surface area contributed by atoms with E-state index in [9.17, 15) is 9.18 Å². The number of hydrogen-bond acceptors (Lipinski definition) is 1. The Labute approximate surface area is 107 Å². The fourth-order valence-corrected chi connectivity index (χ4v) is 1.51. The van der Waals surface area contributed by atoms with Crippen LogP contribution in [0.5, 0.6) is 0 Å². The van der Waals surface area contributed by atoms with E-state index in [-0.39, 0.29) is 10.6 Å². The number of rotatable bonds is 3. The highest BCUT2D eigenvalue weighted by Gasteiger charge is 2.23. The molecule has 1 aromatic rings. The molecule has 88 valence electrons. The Balaban J connectivity index is 2.98. The van der Waals surface area contributed by atoms with E-state index < -0.39 is 17.3 Å². The van der Waals surface area contributed by atoms with Crippen LogP contribution in [-0.4, -0.2) is 16.8 Å². The van der Waals surface area contributed by atoms with Crippen molar-refractivity contribution < 1.29 is 9.18 Å². The molecule has 0 unspecified atom stereocenters. The van der Waals surface area contributed by atoms with Gasteiger partial charge in [0.15, 0.2) is 0 Å². The van der Waals surface area contributed by atoms with Crippen LogP contribution in [0.2, 0.25) is 5.02 Å². The van der Waals surface area contributed by atoms with Crippen LogP contribution in [0.3, 0.4) is 0 Å². The summed E-state index contributed by atoms with van der Waals surface area (Å²) in [5, 5.41) is 3.37. The van der Waals surface area contributed by atoms with Gasteiger partial charge in [-0.15, -0.1) is 0 Å². The number of carbonyl (C=O) groups is 1. The summed E-state index contributed by atoms with van der Waals surface area (Å²) in [6, 6.07) is 4.16. The molecule has 0 aliphatic carbocycles. The lowest BCUT2D eigenvalue weighted by Crippen LogP contribution is -2.45. The van der Waals surface area contributed by atoms with Crippen LogP contribution in [0.1, 0.15) is 24.2 Å². The molecule has 0 aliphatic rings. The SMILES string of the molecule is CC(C)(CBr)NC(=O)c1c(F)cccc1Cl. The van der Waals surface area contributed by atoms with Gasteiger partial charge in [-0.2, -0.15) is 0 Å². The maximum absolute atomic E-state index is 13.4. The Morgan fingerprint density at radius 2 is 2.19 bits per heavy atom. The minimum atomic E-state index is -0.615. The molecule has 0 bridgehead atoms. The predicted octanol–water partition coefficient (Wildman–Crippen LogP) is 3.38. The van der Waals surface area contributed by atoms with Gasteiger partial charge in [-0.1, -0.05) is 33.6 Å². The van der Waals surface area contributed by atoms with Crippen LogP contribution < -0.4 is 5.32 Å². The number of amides is 1. The predicted molar refractivity (Wildman–Crippen MR) is 66.7 cm³/mol. The molecule has 0 aliphatic heterocycles. The molecule has 1 amide bonds. The smallest absolute Gasteiger partial charge is 0.256 e. The zero-order valence-electron chi connectivity index (χ0n) is 8.98. The van der Waals surface area contributed by atoms with Gasteiger partial charge in [-0.25, -0.2) is 4.39 Å². The van der Waals surface area contributed by atoms with Crippen molar-refractivity contribution in [1.82, 2.24) is 5.32 Å². The molecule has 5 heteroatoms. The third kappa shape index (κ3) is 3.19. The Bertz CT molecular complexity index is 389. The van der Waals surface area contributed by atoms with Gasteiger partial charge in [-0.05, 0) is 26.0 Å². The summed E-state index contributed by atoms with van der Waals surface area (Å²) in [6.45, 7) is 3.66. The van der Waals surface area contributed by atoms with Gasteiger partial charge in [0, 0.05) is 10.9 Å². The van der Waals surface area contributed by atoms with E-state index in [1.54, 1.807) is 0 Å². The van der Waals surface area contributed by atoms with Crippen molar-refractivity contribution in [3.8, 4) is 0 Å². The number of halogens is 3. The van der Waals surface area contributed by atoms with E-state index in [2.05, 4.69) is 21.2 Å². The monoisotopic (exact) mass is 307 g/mol. The average Bonchev–Trinajstić information content (AvgIpc) is 2.16. The van der Waals surface area contributed by atoms with Crippen molar-refractivity contribution in [1.29, 1.82) is 0 Å². The first-order valence-corrected chi connectivity index (χ1v) is 6.20. The molecular formula is C11H12BrClFNO. The average molecular weight is 309 g/mol. The molecule has 0 fully saturated rings. The van der Waals surface area contributed by atoms with Crippen molar-refractivity contribution >= 4 is 33.4 Å². The molecule has 1 N–H and O–H groups in total. The van der Waals surface area contributed by atoms with Crippen LogP contribution in [0.4, 0.5) is 4.39 Å². The van der Waals surface area contributed by atoms with Crippen molar-refractivity contribution in [2.75, 3.05) is 5.33 Å². The lowest BCUT2D eigenvalue weighted by molar-refractivity contribution is 0.0917. The largest absolute Gasteiger partial charge is 0.346 e. The second kappa shape index (κ2) is 5.15. The minimum Gasteiger partial charge on any atom is -0.346 e. The van der Waals surface area contributed by atoms with Gasteiger partial charge in [0.2, 0.25) is 0 Å². The van der Waals surface area contributed by atoms with Crippen molar-refractivity contribution in [3.05, 3.63) is 34.6 Å². The zero-order valence-corrected chi connectivity index (χ0v) is 11.3. The topological polar surface area (TPSA) is 29.1 Å². The molecule has 0 spiro atoms. The first kappa shape index (κ1) is 13.5. The van der Waals surface area contributed by atoms with Gasteiger partial charge >= 0.3 is 0 Å². The molecule has 16 heavy (non-hydrogen) atoms. The van der Waals surface area contributed by atoms with E-state index in [0.29, 0.717) is 5.33 Å². The van der Waals surface area contributed by atoms with Crippen molar-refractivity contribution in [2.45, 2.75) is 19.4 Å². The van der Waals surface area contributed by atoms with Crippen LogP contribution in [-0.2, 0) is 0 Å². The first-order chi connectivity index (χ1) is 7.37. The molecule has 0 saturated carbocycles. The lowest BCUT2D eigenvalue weighted by Gasteiger charge is -2.23. The van der Waals surface area contributed by atoms with Gasteiger partial charge in [0.05, 0.1) is 10.6 Å². The Morgan fingerprint density at radius 1 is 1.56 bits per heavy atom. The third-order valence-electron chi connectivity index (χ3n) is 1.98. The number of carbonyl (C=O) groups excluding carboxylic acids is 1. The lowest BCUT2D eigenvalue weighted by atomic mass is 10.1. The van der Waals surface area contributed by atoms with Crippen LogP contribution in [0, 0.1) is 5.82 Å². The number of hydrogen-bond donors (Lipinski definition) is 1. The molecular weight excluding hydrogens is 296 g/mol. The molecule has 1 rings (SSSR count). The number of alkyl halides is 1. The second-order valence-electron chi connectivity index (χ2n) is 4.07. The Kier molecular flexibility index (Phi) is 4.33. The van der Waals surface area contributed by atoms with E-state index >= 15 is 0 Å². The molecule has 0 aromatic heterocycles. The zero-order chi connectivity index (χ0) is 12.3. The highest BCUT2D eigenvalue weighted by atomic mass is 79.9. The molecule has 0 heterocycles.